The van der Waals surface area contributed by atoms with E-state index in [1.165, 1.54) is 16.7 Å². The molecule has 1 fully saturated rings. The molecule has 1 saturated heterocycles. The highest BCUT2D eigenvalue weighted by Crippen LogP contribution is 2.34. The van der Waals surface area contributed by atoms with Crippen LogP contribution in [0.3, 0.4) is 0 Å². The van der Waals surface area contributed by atoms with Crippen molar-refractivity contribution in [2.45, 2.75) is 18.0 Å². The molecule has 28 heavy (non-hydrogen) atoms. The van der Waals surface area contributed by atoms with Gasteiger partial charge in [-0.25, -0.2) is 0 Å². The SMILES string of the molecule is COc1ccccc1-n1c(SCC(=O)N2CCCC2=O)nnc1-c1cccs1. The van der Waals surface area contributed by atoms with Crippen LogP contribution in [0.1, 0.15) is 12.8 Å². The first-order valence-electron chi connectivity index (χ1n) is 8.77. The molecule has 9 heteroatoms. The molecule has 0 atom stereocenters. The zero-order chi connectivity index (χ0) is 19.5. The number of carbonyl (C=O) groups excluding carboxylic acids is 2. The molecule has 0 saturated carbocycles. The van der Waals surface area contributed by atoms with Crippen molar-refractivity contribution in [3.63, 3.8) is 0 Å². The Kier molecular flexibility index (Phi) is 5.45. The Bertz CT molecular complexity index is 1000. The second-order valence-corrected chi connectivity index (χ2v) is 8.01. The fraction of sp³-hybridized carbons (Fsp3) is 0.263. The Hall–Kier alpha value is -2.65. The van der Waals surface area contributed by atoms with E-state index in [0.29, 0.717) is 29.7 Å². The number of nitrogens with zero attached hydrogens (tertiary/aromatic N) is 4. The number of rotatable bonds is 6. The topological polar surface area (TPSA) is 77.3 Å². The molecule has 0 radical (unpaired) electrons. The normalized spacial score (nSPS) is 13.9. The number of benzene rings is 1. The second kappa shape index (κ2) is 8.15. The van der Waals surface area contributed by atoms with Gasteiger partial charge in [0.1, 0.15) is 5.75 Å². The number of likely N-dealkylation sites (tertiary alicyclic amines) is 1. The molecular weight excluding hydrogens is 396 g/mol. The van der Waals surface area contributed by atoms with Crippen LogP contribution in [-0.2, 0) is 9.59 Å². The van der Waals surface area contributed by atoms with Gasteiger partial charge in [-0.2, -0.15) is 0 Å². The van der Waals surface area contributed by atoms with Gasteiger partial charge in [0.2, 0.25) is 11.8 Å². The molecule has 2 aromatic heterocycles. The number of para-hydroxylation sites is 2. The van der Waals surface area contributed by atoms with Gasteiger partial charge in [0.25, 0.3) is 0 Å². The van der Waals surface area contributed by atoms with Crippen LogP contribution in [0.2, 0.25) is 0 Å². The molecule has 2 amide bonds. The first-order chi connectivity index (χ1) is 13.7. The highest BCUT2D eigenvalue weighted by Gasteiger charge is 2.27. The number of hydrogen-bond donors (Lipinski definition) is 0. The largest absolute Gasteiger partial charge is 0.495 e. The van der Waals surface area contributed by atoms with Gasteiger partial charge in [0.05, 0.1) is 23.4 Å². The summed E-state index contributed by atoms with van der Waals surface area (Å²) in [6, 6.07) is 11.5. The summed E-state index contributed by atoms with van der Waals surface area (Å²) in [6.45, 7) is 0.498. The zero-order valence-electron chi connectivity index (χ0n) is 15.2. The number of hydrogen-bond acceptors (Lipinski definition) is 7. The fourth-order valence-electron chi connectivity index (χ4n) is 3.08. The molecule has 0 unspecified atom stereocenters. The molecule has 0 bridgehead atoms. The summed E-state index contributed by atoms with van der Waals surface area (Å²) in [5, 5.41) is 11.2. The van der Waals surface area contributed by atoms with Crippen LogP contribution in [0.15, 0.2) is 46.9 Å². The summed E-state index contributed by atoms with van der Waals surface area (Å²) in [5.41, 5.74) is 0.797. The zero-order valence-corrected chi connectivity index (χ0v) is 16.8. The minimum absolute atomic E-state index is 0.101. The molecular formula is C19H18N4O3S2. The number of amides is 2. The summed E-state index contributed by atoms with van der Waals surface area (Å²) in [6.07, 6.45) is 1.17. The number of ether oxygens (including phenoxy) is 1. The van der Waals surface area contributed by atoms with Crippen molar-refractivity contribution in [1.29, 1.82) is 0 Å². The number of aromatic nitrogens is 3. The average molecular weight is 415 g/mol. The van der Waals surface area contributed by atoms with Gasteiger partial charge in [0.15, 0.2) is 11.0 Å². The van der Waals surface area contributed by atoms with Crippen molar-refractivity contribution in [2.24, 2.45) is 0 Å². The lowest BCUT2D eigenvalue weighted by molar-refractivity contribution is -0.140. The number of methoxy groups -OCH3 is 1. The van der Waals surface area contributed by atoms with E-state index in [-0.39, 0.29) is 17.6 Å². The van der Waals surface area contributed by atoms with Gasteiger partial charge >= 0.3 is 0 Å². The van der Waals surface area contributed by atoms with E-state index in [1.54, 1.807) is 18.4 Å². The van der Waals surface area contributed by atoms with Gasteiger partial charge in [0, 0.05) is 13.0 Å². The average Bonchev–Trinajstić information content (AvgIpc) is 3.46. The van der Waals surface area contributed by atoms with Gasteiger partial charge in [-0.3, -0.25) is 19.1 Å². The van der Waals surface area contributed by atoms with Gasteiger partial charge in [-0.1, -0.05) is 30.0 Å². The van der Waals surface area contributed by atoms with Crippen LogP contribution in [0.25, 0.3) is 16.4 Å². The van der Waals surface area contributed by atoms with E-state index in [4.69, 9.17) is 4.74 Å². The van der Waals surface area contributed by atoms with Crippen LogP contribution >= 0.6 is 23.1 Å². The Morgan fingerprint density at radius 3 is 2.82 bits per heavy atom. The lowest BCUT2D eigenvalue weighted by atomic mass is 10.3. The molecule has 0 spiro atoms. The van der Waals surface area contributed by atoms with Crippen molar-refractivity contribution < 1.29 is 14.3 Å². The summed E-state index contributed by atoms with van der Waals surface area (Å²) < 4.78 is 7.41. The minimum atomic E-state index is -0.195. The Labute approximate surface area is 170 Å². The highest BCUT2D eigenvalue weighted by atomic mass is 32.2. The standard InChI is InChI=1S/C19H18N4O3S2/c1-26-14-7-3-2-6-13(14)23-18(15-8-5-11-27-15)20-21-19(23)28-12-17(25)22-10-4-9-16(22)24/h2-3,5-8,11H,4,9-10,12H2,1H3. The molecule has 3 heterocycles. The first-order valence-corrected chi connectivity index (χ1v) is 10.6. The first kappa shape index (κ1) is 18.7. The maximum Gasteiger partial charge on any atom is 0.239 e. The number of thioether (sulfide) groups is 1. The van der Waals surface area contributed by atoms with Gasteiger partial charge < -0.3 is 4.74 Å². The third kappa shape index (κ3) is 3.55. The fourth-order valence-corrected chi connectivity index (χ4v) is 4.60. The van der Waals surface area contributed by atoms with Crippen LogP contribution in [0.4, 0.5) is 0 Å². The van der Waals surface area contributed by atoms with Crippen molar-refractivity contribution in [3.05, 3.63) is 41.8 Å². The van der Waals surface area contributed by atoms with E-state index in [2.05, 4.69) is 10.2 Å². The Balaban J connectivity index is 1.68. The molecule has 0 N–H and O–H groups in total. The van der Waals surface area contributed by atoms with Crippen molar-refractivity contribution in [3.8, 4) is 22.1 Å². The van der Waals surface area contributed by atoms with E-state index < -0.39 is 0 Å². The van der Waals surface area contributed by atoms with E-state index >= 15 is 0 Å². The number of thiophene rings is 1. The maximum atomic E-state index is 12.4. The Morgan fingerprint density at radius 1 is 1.25 bits per heavy atom. The van der Waals surface area contributed by atoms with Crippen LogP contribution in [0.5, 0.6) is 5.75 Å². The molecule has 4 rings (SSSR count). The summed E-state index contributed by atoms with van der Waals surface area (Å²) in [4.78, 5) is 26.5. The number of carbonyl (C=O) groups is 2. The highest BCUT2D eigenvalue weighted by molar-refractivity contribution is 7.99. The maximum absolute atomic E-state index is 12.4. The lowest BCUT2D eigenvalue weighted by Gasteiger charge is -2.15. The predicted octanol–water partition coefficient (Wildman–Crippen LogP) is 3.25. The summed E-state index contributed by atoms with van der Waals surface area (Å²) >= 11 is 2.83. The van der Waals surface area contributed by atoms with E-state index in [9.17, 15) is 9.59 Å². The van der Waals surface area contributed by atoms with Crippen molar-refractivity contribution >= 4 is 34.9 Å². The monoisotopic (exact) mass is 414 g/mol. The molecule has 0 aliphatic carbocycles. The molecule has 3 aromatic rings. The summed E-state index contributed by atoms with van der Waals surface area (Å²) in [7, 11) is 1.61. The van der Waals surface area contributed by atoms with Gasteiger partial charge in [-0.05, 0) is 30.0 Å². The third-order valence-corrected chi connectivity index (χ3v) is 6.18. The third-order valence-electron chi connectivity index (χ3n) is 4.40. The van der Waals surface area contributed by atoms with Crippen LogP contribution in [-0.4, -0.2) is 50.9 Å². The van der Waals surface area contributed by atoms with Crippen LogP contribution < -0.4 is 4.74 Å². The van der Waals surface area contributed by atoms with E-state index in [1.807, 2.05) is 46.3 Å². The van der Waals surface area contributed by atoms with Crippen molar-refractivity contribution in [1.82, 2.24) is 19.7 Å². The predicted molar refractivity (Wildman–Crippen MR) is 108 cm³/mol. The van der Waals surface area contributed by atoms with Crippen molar-refractivity contribution in [2.75, 3.05) is 19.4 Å². The van der Waals surface area contributed by atoms with Crippen LogP contribution in [0, 0.1) is 0 Å². The minimum Gasteiger partial charge on any atom is -0.495 e. The Morgan fingerprint density at radius 2 is 2.11 bits per heavy atom. The van der Waals surface area contributed by atoms with Gasteiger partial charge in [-0.15, -0.1) is 21.5 Å². The molecule has 1 aliphatic rings. The molecule has 7 nitrogen and oxygen atoms in total. The number of imide groups is 1. The van der Waals surface area contributed by atoms with E-state index in [0.717, 1.165) is 17.0 Å². The lowest BCUT2D eigenvalue weighted by Crippen LogP contribution is -2.33. The molecule has 144 valence electrons. The molecule has 1 aliphatic heterocycles. The quantitative estimate of drug-likeness (QED) is 0.576. The smallest absolute Gasteiger partial charge is 0.239 e. The summed E-state index contributed by atoms with van der Waals surface area (Å²) in [5.74, 6) is 1.20. The molecule has 1 aromatic carbocycles. The second-order valence-electron chi connectivity index (χ2n) is 6.12.